The van der Waals surface area contributed by atoms with Gasteiger partial charge in [-0.25, -0.2) is 4.99 Å². The number of aryl methyl sites for hydroxylation is 1. The summed E-state index contributed by atoms with van der Waals surface area (Å²) in [4.78, 5) is 19.8. The Balaban J connectivity index is 0. The van der Waals surface area contributed by atoms with Gasteiger partial charge in [-0.15, -0.1) is 11.6 Å². The molecule has 0 fully saturated rings. The smallest absolute Gasteiger partial charge is 0.324 e. The van der Waals surface area contributed by atoms with E-state index < -0.39 is 12.0 Å². The lowest BCUT2D eigenvalue weighted by Crippen LogP contribution is -2.39. The number of fused-ring (bicyclic) bond motifs is 2. The highest BCUT2D eigenvalue weighted by molar-refractivity contribution is 6.15. The fraction of sp³-hybridized carbons (Fsp3) is 0.486. The number of para-hydroxylation sites is 1. The van der Waals surface area contributed by atoms with Gasteiger partial charge in [-0.3, -0.25) is 4.79 Å². The van der Waals surface area contributed by atoms with Crippen LogP contribution in [0.25, 0.3) is 5.70 Å². The van der Waals surface area contributed by atoms with E-state index >= 15 is 0 Å². The van der Waals surface area contributed by atoms with Gasteiger partial charge in [-0.05, 0) is 41.5 Å². The summed E-state index contributed by atoms with van der Waals surface area (Å²) >= 11 is 4.64. The number of allylic oxidation sites excluding steroid dienone is 1. The van der Waals surface area contributed by atoms with Crippen molar-refractivity contribution in [2.24, 2.45) is 16.6 Å². The van der Waals surface area contributed by atoms with Crippen molar-refractivity contribution in [3.8, 4) is 0 Å². The van der Waals surface area contributed by atoms with Gasteiger partial charge in [0.2, 0.25) is 5.96 Å². The molecule has 2 aliphatic heterocycles. The molecule has 0 aromatic heterocycles. The van der Waals surface area contributed by atoms with Gasteiger partial charge in [-0.1, -0.05) is 117 Å². The second-order valence-corrected chi connectivity index (χ2v) is 9.18. The molecule has 2 heterocycles. The van der Waals surface area contributed by atoms with Crippen LogP contribution in [0.5, 0.6) is 0 Å². The van der Waals surface area contributed by atoms with Gasteiger partial charge in [0, 0.05) is 37.8 Å². The molecule has 2 aromatic carbocycles. The fourth-order valence-corrected chi connectivity index (χ4v) is 4.30. The number of carbonyl (C=O) groups is 1. The molecule has 6 nitrogen and oxygen atoms in total. The molecule has 0 amide bonds. The van der Waals surface area contributed by atoms with E-state index in [1.165, 1.54) is 23.1 Å². The first kappa shape index (κ1) is 41.0. The summed E-state index contributed by atoms with van der Waals surface area (Å²) in [6.45, 7) is 26.0. The molecule has 2 aliphatic rings. The van der Waals surface area contributed by atoms with E-state index in [-0.39, 0.29) is 0 Å². The normalized spacial score (nSPS) is 13.5. The van der Waals surface area contributed by atoms with Crippen molar-refractivity contribution in [3.63, 3.8) is 0 Å². The molecule has 0 saturated carbocycles. The monoisotopic (exact) mass is 600 g/mol. The van der Waals surface area contributed by atoms with Crippen LogP contribution in [0.15, 0.2) is 65.7 Å². The first-order chi connectivity index (χ1) is 20.1. The molecule has 0 saturated heterocycles. The van der Waals surface area contributed by atoms with Crippen LogP contribution < -0.4 is 5.73 Å². The van der Waals surface area contributed by atoms with E-state index in [1.54, 1.807) is 6.92 Å². The Morgan fingerprint density at radius 1 is 1.02 bits per heavy atom. The number of aliphatic carboxylic acids is 1. The first-order valence-corrected chi connectivity index (χ1v) is 15.9. The zero-order valence-corrected chi connectivity index (χ0v) is 29.0. The van der Waals surface area contributed by atoms with Crippen molar-refractivity contribution in [2.75, 3.05) is 13.4 Å². The molecule has 7 heteroatoms. The minimum atomic E-state index is -0.973. The summed E-state index contributed by atoms with van der Waals surface area (Å²) < 4.78 is 0. The van der Waals surface area contributed by atoms with Gasteiger partial charge in [-0.2, -0.15) is 0 Å². The van der Waals surface area contributed by atoms with Crippen molar-refractivity contribution >= 4 is 34.9 Å². The largest absolute Gasteiger partial charge is 0.480 e. The van der Waals surface area contributed by atoms with Gasteiger partial charge in [0.1, 0.15) is 6.04 Å². The maximum absolute atomic E-state index is 10.4. The number of halogens is 1. The lowest BCUT2D eigenvalue weighted by Gasteiger charge is -2.34. The predicted octanol–water partition coefficient (Wildman–Crippen LogP) is 9.10. The maximum Gasteiger partial charge on any atom is 0.324 e. The summed E-state index contributed by atoms with van der Waals surface area (Å²) in [6, 6.07) is 14.2. The Morgan fingerprint density at radius 2 is 1.52 bits per heavy atom. The summed E-state index contributed by atoms with van der Waals surface area (Å²) in [6.07, 6.45) is 4.32. The number of carboxylic acid groups (broad SMARTS) is 1. The molecule has 3 N–H and O–H groups in total. The van der Waals surface area contributed by atoms with Crippen LogP contribution >= 0.6 is 11.6 Å². The zero-order valence-electron chi connectivity index (χ0n) is 28.3. The van der Waals surface area contributed by atoms with Crippen LogP contribution in [0.3, 0.4) is 0 Å². The van der Waals surface area contributed by atoms with Crippen molar-refractivity contribution < 1.29 is 9.90 Å². The highest BCUT2D eigenvalue weighted by Gasteiger charge is 2.29. The van der Waals surface area contributed by atoms with Crippen LogP contribution in [-0.2, 0) is 24.3 Å². The van der Waals surface area contributed by atoms with E-state index in [1.807, 2.05) is 61.5 Å². The van der Waals surface area contributed by atoms with Crippen molar-refractivity contribution in [3.05, 3.63) is 82.9 Å². The third-order valence-corrected chi connectivity index (χ3v) is 6.20. The fourth-order valence-electron chi connectivity index (χ4n) is 4.30. The van der Waals surface area contributed by atoms with Crippen molar-refractivity contribution in [1.29, 1.82) is 0 Å². The van der Waals surface area contributed by atoms with Crippen molar-refractivity contribution in [2.45, 2.75) is 94.8 Å². The highest BCUT2D eigenvalue weighted by Crippen LogP contribution is 2.37. The number of alkyl halides is 1. The molecule has 236 valence electrons. The zero-order chi connectivity index (χ0) is 33.0. The Kier molecular flexibility index (Phi) is 22.0. The molecule has 0 spiro atoms. The second-order valence-electron chi connectivity index (χ2n) is 9.18. The third kappa shape index (κ3) is 11.7. The van der Waals surface area contributed by atoms with Crippen molar-refractivity contribution in [1.82, 2.24) is 9.80 Å². The molecule has 0 aliphatic carbocycles. The lowest BCUT2D eigenvalue weighted by atomic mass is 10.0. The summed E-state index contributed by atoms with van der Waals surface area (Å²) in [7, 11) is 2.06. The quantitative estimate of drug-likeness (QED) is 0.270. The molecule has 1 atom stereocenters. The Labute approximate surface area is 262 Å². The number of rotatable bonds is 4. The van der Waals surface area contributed by atoms with E-state index in [4.69, 9.17) is 15.8 Å². The number of hydrogen-bond acceptors (Lipinski definition) is 5. The van der Waals surface area contributed by atoms with Gasteiger partial charge in [0.25, 0.3) is 0 Å². The average molecular weight is 601 g/mol. The Bertz CT molecular complexity index is 1120. The number of guanidine groups is 1. The minimum absolute atomic E-state index is 0.348. The number of aliphatic imine (C=N–C) groups is 1. The van der Waals surface area contributed by atoms with Crippen LogP contribution in [-0.4, -0.2) is 46.3 Å². The molecular formula is C35H57ClN4O2. The maximum atomic E-state index is 10.4. The number of carboxylic acids is 1. The van der Waals surface area contributed by atoms with Crippen LogP contribution in [0.4, 0.5) is 5.69 Å². The molecule has 0 radical (unpaired) electrons. The number of nitrogens with zero attached hydrogens (tertiary/aromatic N) is 3. The summed E-state index contributed by atoms with van der Waals surface area (Å²) in [5, 5.41) is 8.50. The van der Waals surface area contributed by atoms with Gasteiger partial charge in [0.05, 0.1) is 5.69 Å². The minimum Gasteiger partial charge on any atom is -0.480 e. The van der Waals surface area contributed by atoms with Crippen LogP contribution in [0.2, 0.25) is 0 Å². The number of hydrogen-bond donors (Lipinski definition) is 2. The molecular weight excluding hydrogens is 544 g/mol. The molecule has 2 aromatic rings. The van der Waals surface area contributed by atoms with E-state index in [0.29, 0.717) is 11.5 Å². The standard InChI is InChI=1S/C20H21N3.C8H15NO2.3C2H6.CH3Cl/c1-4-15-10-7-11-18-14(2)22(3)20(21-19(15)18)23-12-16-8-5-6-9-17(16)13-23;1-5(2)4-6(3)7(9)8(10)11;4*1-2/h5-11H,2,4,12-13H2,1,3H3;4-5,7H,9H2,1-3H3,(H,10,11);3*1-2H3;1H3/b;6-4-;;;;. The van der Waals surface area contributed by atoms with Gasteiger partial charge >= 0.3 is 5.97 Å². The van der Waals surface area contributed by atoms with Gasteiger partial charge in [0.15, 0.2) is 0 Å². The first-order valence-electron chi connectivity index (χ1n) is 15.1. The molecule has 1 unspecified atom stereocenters. The molecule has 42 heavy (non-hydrogen) atoms. The molecule has 4 rings (SSSR count). The number of benzene rings is 2. The average Bonchev–Trinajstić information content (AvgIpc) is 3.46. The second kappa shape index (κ2) is 22.5. The lowest BCUT2D eigenvalue weighted by molar-refractivity contribution is -0.137. The van der Waals surface area contributed by atoms with E-state index in [2.05, 4.69) is 84.4 Å². The predicted molar refractivity (Wildman–Crippen MR) is 185 cm³/mol. The van der Waals surface area contributed by atoms with E-state index in [9.17, 15) is 4.79 Å². The summed E-state index contributed by atoms with van der Waals surface area (Å²) in [5.41, 5.74) is 13.4. The van der Waals surface area contributed by atoms with Crippen LogP contribution in [0, 0.1) is 5.92 Å². The summed E-state index contributed by atoms with van der Waals surface area (Å²) in [5.74, 6) is 0.374. The Morgan fingerprint density at radius 3 is 1.95 bits per heavy atom. The topological polar surface area (TPSA) is 82.2 Å². The Hall–Kier alpha value is -3.09. The third-order valence-electron chi connectivity index (χ3n) is 6.20. The van der Waals surface area contributed by atoms with Crippen LogP contribution in [0.1, 0.15) is 91.5 Å². The number of nitrogens with two attached hydrogens (primary N) is 1. The molecule has 0 bridgehead atoms. The van der Waals surface area contributed by atoms with Gasteiger partial charge < -0.3 is 20.6 Å². The SMILES string of the molecule is C/C(=C/C(C)C)C(N)C(=O)O.C=C1c2cccc(CC)c2N=C(N2Cc3ccccc3C2)N1C.CC.CC.CC.CCl. The van der Waals surface area contributed by atoms with E-state index in [0.717, 1.165) is 42.4 Å². The highest BCUT2D eigenvalue weighted by atomic mass is 35.5.